The third-order valence-corrected chi connectivity index (χ3v) is 6.09. The molecule has 1 aromatic heterocycles. The van der Waals surface area contributed by atoms with Gasteiger partial charge in [-0.3, -0.25) is 4.31 Å². The van der Waals surface area contributed by atoms with Gasteiger partial charge in [-0.2, -0.15) is 0 Å². The van der Waals surface area contributed by atoms with Crippen LogP contribution in [-0.4, -0.2) is 28.0 Å². The minimum absolute atomic E-state index is 0.0908. The van der Waals surface area contributed by atoms with E-state index in [-0.39, 0.29) is 17.3 Å². The van der Waals surface area contributed by atoms with Gasteiger partial charge >= 0.3 is 5.97 Å². The van der Waals surface area contributed by atoms with Gasteiger partial charge in [0.1, 0.15) is 18.1 Å². The van der Waals surface area contributed by atoms with Gasteiger partial charge in [0, 0.05) is 6.54 Å². The lowest BCUT2D eigenvalue weighted by Gasteiger charge is -2.23. The Morgan fingerprint density at radius 2 is 1.69 bits per heavy atom. The summed E-state index contributed by atoms with van der Waals surface area (Å²) in [6.45, 7) is 2.19. The first-order valence-electron chi connectivity index (χ1n) is 8.93. The van der Waals surface area contributed by atoms with Crippen molar-refractivity contribution in [1.82, 2.24) is 0 Å². The number of sulfonamides is 1. The van der Waals surface area contributed by atoms with E-state index in [1.54, 1.807) is 49.4 Å². The highest BCUT2D eigenvalue weighted by atomic mass is 32.2. The van der Waals surface area contributed by atoms with Crippen LogP contribution in [0.15, 0.2) is 76.0 Å². The second-order valence-electron chi connectivity index (χ2n) is 6.02. The molecule has 0 amide bonds. The van der Waals surface area contributed by atoms with Crippen molar-refractivity contribution in [2.75, 3.05) is 18.0 Å². The molecule has 0 bridgehead atoms. The molecule has 8 heteroatoms. The molecule has 0 saturated carbocycles. The fraction of sp³-hybridized carbons (Fsp3) is 0.190. The Hall–Kier alpha value is -3.26. The first-order chi connectivity index (χ1) is 14.0. The molecule has 0 spiro atoms. The molecule has 0 aliphatic carbocycles. The lowest BCUT2D eigenvalue weighted by atomic mass is 10.3. The minimum atomic E-state index is -3.69. The number of para-hydroxylation sites is 1. The molecule has 3 rings (SSSR count). The number of carbonyl (C=O) groups is 1. The molecule has 7 nitrogen and oxygen atoms in total. The number of ether oxygens (including phenoxy) is 2. The van der Waals surface area contributed by atoms with Crippen LogP contribution in [0, 0.1) is 0 Å². The summed E-state index contributed by atoms with van der Waals surface area (Å²) in [6.07, 6.45) is 0. The maximum absolute atomic E-state index is 13.0. The number of nitrogens with zero attached hydrogens (tertiary/aromatic N) is 1. The second-order valence-corrected chi connectivity index (χ2v) is 7.89. The van der Waals surface area contributed by atoms with Gasteiger partial charge in [0.05, 0.1) is 17.7 Å². The molecule has 0 radical (unpaired) electrons. The molecule has 0 aliphatic heterocycles. The number of hydrogen-bond acceptors (Lipinski definition) is 6. The van der Waals surface area contributed by atoms with Crippen molar-refractivity contribution in [1.29, 1.82) is 0 Å². The van der Waals surface area contributed by atoms with Crippen molar-refractivity contribution >= 4 is 21.7 Å². The molecule has 0 atom stereocenters. The Morgan fingerprint density at radius 3 is 2.31 bits per heavy atom. The van der Waals surface area contributed by atoms with Crippen LogP contribution in [0.5, 0.6) is 5.75 Å². The number of rotatable bonds is 8. The standard InChI is InChI=1S/C21H21NO6S/c1-3-22(16-7-5-4-6-8-16)29(24,25)19-12-9-17(10-13-19)27-15-18-11-14-20(28-18)21(23)26-2/h4-14H,3,15H2,1-2H3. The molecule has 0 unspecified atom stereocenters. The van der Waals surface area contributed by atoms with Gasteiger partial charge in [0.2, 0.25) is 5.76 Å². The highest BCUT2D eigenvalue weighted by molar-refractivity contribution is 7.92. The molecular weight excluding hydrogens is 394 g/mol. The average Bonchev–Trinajstić information content (AvgIpc) is 3.22. The van der Waals surface area contributed by atoms with Crippen LogP contribution in [0.1, 0.15) is 23.2 Å². The molecule has 29 heavy (non-hydrogen) atoms. The third-order valence-electron chi connectivity index (χ3n) is 4.17. The minimum Gasteiger partial charge on any atom is -0.486 e. The third kappa shape index (κ3) is 4.60. The Labute approximate surface area is 169 Å². The van der Waals surface area contributed by atoms with Gasteiger partial charge in [-0.1, -0.05) is 18.2 Å². The van der Waals surface area contributed by atoms with Gasteiger partial charge in [0.25, 0.3) is 10.0 Å². The van der Waals surface area contributed by atoms with Gasteiger partial charge < -0.3 is 13.9 Å². The number of benzene rings is 2. The summed E-state index contributed by atoms with van der Waals surface area (Å²) in [5.41, 5.74) is 0.606. The maximum atomic E-state index is 13.0. The molecule has 0 fully saturated rings. The first kappa shape index (κ1) is 20.5. The Balaban J connectivity index is 1.70. The van der Waals surface area contributed by atoms with E-state index in [0.29, 0.717) is 23.7 Å². The highest BCUT2D eigenvalue weighted by Crippen LogP contribution is 2.25. The normalized spacial score (nSPS) is 11.1. The van der Waals surface area contributed by atoms with Crippen LogP contribution >= 0.6 is 0 Å². The zero-order valence-corrected chi connectivity index (χ0v) is 16.9. The lowest BCUT2D eigenvalue weighted by molar-refractivity contribution is 0.0561. The van der Waals surface area contributed by atoms with E-state index in [4.69, 9.17) is 9.15 Å². The zero-order valence-electron chi connectivity index (χ0n) is 16.1. The molecule has 0 N–H and O–H groups in total. The molecular formula is C21H21NO6S. The van der Waals surface area contributed by atoms with E-state index < -0.39 is 16.0 Å². The first-order valence-corrected chi connectivity index (χ1v) is 10.4. The monoisotopic (exact) mass is 415 g/mol. The highest BCUT2D eigenvalue weighted by Gasteiger charge is 2.23. The number of esters is 1. The van der Waals surface area contributed by atoms with Crippen LogP contribution in [-0.2, 0) is 21.4 Å². The van der Waals surface area contributed by atoms with Gasteiger partial charge in [0.15, 0.2) is 0 Å². The fourth-order valence-electron chi connectivity index (χ4n) is 2.74. The molecule has 0 aliphatic rings. The van der Waals surface area contributed by atoms with Crippen molar-refractivity contribution < 1.29 is 27.1 Å². The van der Waals surface area contributed by atoms with E-state index in [2.05, 4.69) is 4.74 Å². The predicted octanol–water partition coefficient (Wildman–Crippen LogP) is 3.86. The molecule has 152 valence electrons. The van der Waals surface area contributed by atoms with Crippen molar-refractivity contribution in [2.24, 2.45) is 0 Å². The predicted molar refractivity (Wildman–Crippen MR) is 107 cm³/mol. The number of anilines is 1. The maximum Gasteiger partial charge on any atom is 0.373 e. The zero-order chi connectivity index (χ0) is 20.9. The number of furan rings is 1. The summed E-state index contributed by atoms with van der Waals surface area (Å²) in [7, 11) is -2.42. The molecule has 2 aromatic carbocycles. The van der Waals surface area contributed by atoms with Crippen molar-refractivity contribution in [2.45, 2.75) is 18.4 Å². The van der Waals surface area contributed by atoms with Crippen LogP contribution < -0.4 is 9.04 Å². The van der Waals surface area contributed by atoms with Crippen LogP contribution in [0.3, 0.4) is 0 Å². The van der Waals surface area contributed by atoms with Gasteiger partial charge in [-0.15, -0.1) is 0 Å². The topological polar surface area (TPSA) is 86.0 Å². The number of methoxy groups -OCH3 is 1. The van der Waals surface area contributed by atoms with E-state index in [9.17, 15) is 13.2 Å². The van der Waals surface area contributed by atoms with E-state index in [1.165, 1.54) is 29.6 Å². The summed E-state index contributed by atoms with van der Waals surface area (Å²) < 4.78 is 42.8. The summed E-state index contributed by atoms with van der Waals surface area (Å²) in [4.78, 5) is 11.6. The summed E-state index contributed by atoms with van der Waals surface area (Å²) in [5, 5.41) is 0. The van der Waals surface area contributed by atoms with Crippen molar-refractivity contribution in [3.05, 3.63) is 78.3 Å². The fourth-order valence-corrected chi connectivity index (χ4v) is 4.21. The Bertz CT molecular complexity index is 1060. The quantitative estimate of drug-likeness (QED) is 0.519. The van der Waals surface area contributed by atoms with E-state index in [1.807, 2.05) is 6.07 Å². The van der Waals surface area contributed by atoms with E-state index >= 15 is 0 Å². The molecule has 3 aromatic rings. The van der Waals surface area contributed by atoms with Gasteiger partial charge in [-0.05, 0) is 55.5 Å². The summed E-state index contributed by atoms with van der Waals surface area (Å²) >= 11 is 0. The molecule has 1 heterocycles. The smallest absolute Gasteiger partial charge is 0.373 e. The summed E-state index contributed by atoms with van der Waals surface area (Å²) in [5.74, 6) is 0.448. The SMILES string of the molecule is CCN(c1ccccc1)S(=O)(=O)c1ccc(OCc2ccc(C(=O)OC)o2)cc1. The average molecular weight is 415 g/mol. The Kier molecular flexibility index (Phi) is 6.23. The van der Waals surface area contributed by atoms with E-state index in [0.717, 1.165) is 0 Å². The Morgan fingerprint density at radius 1 is 1.00 bits per heavy atom. The largest absolute Gasteiger partial charge is 0.486 e. The number of hydrogen-bond donors (Lipinski definition) is 0. The van der Waals surface area contributed by atoms with Gasteiger partial charge in [-0.25, -0.2) is 13.2 Å². The summed E-state index contributed by atoms with van der Waals surface area (Å²) in [6, 6.07) is 18.2. The van der Waals surface area contributed by atoms with Crippen LogP contribution in [0.2, 0.25) is 0 Å². The number of carbonyl (C=O) groups excluding carboxylic acids is 1. The van der Waals surface area contributed by atoms with Crippen LogP contribution in [0.25, 0.3) is 0 Å². The molecule has 0 saturated heterocycles. The lowest BCUT2D eigenvalue weighted by Crippen LogP contribution is -2.30. The van der Waals surface area contributed by atoms with Crippen molar-refractivity contribution in [3.8, 4) is 5.75 Å². The van der Waals surface area contributed by atoms with Crippen molar-refractivity contribution in [3.63, 3.8) is 0 Å². The second kappa shape index (κ2) is 8.83. The van der Waals surface area contributed by atoms with Crippen LogP contribution in [0.4, 0.5) is 5.69 Å².